The first kappa shape index (κ1) is 41.9. The van der Waals surface area contributed by atoms with Crippen molar-refractivity contribution in [2.24, 2.45) is 0 Å². The van der Waals surface area contributed by atoms with Gasteiger partial charge < -0.3 is 44.2 Å². The average molecular weight is 874 g/mol. The van der Waals surface area contributed by atoms with Gasteiger partial charge in [0.25, 0.3) is 5.91 Å². The highest BCUT2D eigenvalue weighted by Crippen LogP contribution is 2.36. The molecule has 5 aromatic carbocycles. The zero-order valence-corrected chi connectivity index (χ0v) is 36.1. The summed E-state index contributed by atoms with van der Waals surface area (Å²) in [6, 6.07) is 39.9. The number of hydrogen-bond donors (Lipinski definition) is 4. The summed E-state index contributed by atoms with van der Waals surface area (Å²) in [5.74, 6) is 1.24. The number of anilines is 1. The van der Waals surface area contributed by atoms with Gasteiger partial charge >= 0.3 is 6.09 Å². The van der Waals surface area contributed by atoms with E-state index in [9.17, 15) is 14.4 Å². The number of aromatic nitrogens is 4. The topological polar surface area (TPSA) is 170 Å². The minimum atomic E-state index is -0.891. The summed E-state index contributed by atoms with van der Waals surface area (Å²) in [6.07, 6.45) is 1.95. The summed E-state index contributed by atoms with van der Waals surface area (Å²) >= 11 is 0. The molecule has 15 nitrogen and oxygen atoms in total. The lowest BCUT2D eigenvalue weighted by Gasteiger charge is -2.34. The molecule has 0 saturated carbocycles. The van der Waals surface area contributed by atoms with Crippen LogP contribution in [0.1, 0.15) is 83.8 Å². The second-order valence-electron chi connectivity index (χ2n) is 16.8. The number of rotatable bonds is 14. The van der Waals surface area contributed by atoms with Crippen LogP contribution < -0.4 is 15.5 Å². The summed E-state index contributed by atoms with van der Waals surface area (Å²) in [5.41, 5.74) is 8.28. The molecule has 15 heteroatoms. The second kappa shape index (κ2) is 18.6. The van der Waals surface area contributed by atoms with Crippen LogP contribution in [0.5, 0.6) is 0 Å². The number of H-pyrrole nitrogens is 2. The Morgan fingerprint density at radius 2 is 1.18 bits per heavy atom. The van der Waals surface area contributed by atoms with E-state index in [0.717, 1.165) is 81.8 Å². The lowest BCUT2D eigenvalue weighted by Crippen LogP contribution is -2.50. The highest BCUT2D eigenvalue weighted by Gasteiger charge is 2.39. The van der Waals surface area contributed by atoms with E-state index < -0.39 is 24.6 Å². The van der Waals surface area contributed by atoms with Gasteiger partial charge in [-0.1, -0.05) is 91.0 Å². The number of benzene rings is 5. The van der Waals surface area contributed by atoms with E-state index in [0.29, 0.717) is 31.7 Å². The fraction of sp³-hybridized carbons (Fsp3) is 0.300. The van der Waals surface area contributed by atoms with Crippen LogP contribution in [0.3, 0.4) is 0 Å². The number of likely N-dealkylation sites (tertiary alicyclic amines) is 2. The van der Waals surface area contributed by atoms with E-state index in [1.807, 2.05) is 94.7 Å². The van der Waals surface area contributed by atoms with Crippen molar-refractivity contribution in [2.45, 2.75) is 69.4 Å². The number of methoxy groups -OCH3 is 1. The number of carbonyl (C=O) groups excluding carboxylic acids is 3. The highest BCUT2D eigenvalue weighted by atomic mass is 16.9. The molecule has 3 amide bonds. The maximum absolute atomic E-state index is 14.2. The van der Waals surface area contributed by atoms with Gasteiger partial charge in [0.15, 0.2) is 6.79 Å². The lowest BCUT2D eigenvalue weighted by molar-refractivity contribution is -0.335. The fourth-order valence-corrected chi connectivity index (χ4v) is 9.38. The molecule has 3 saturated heterocycles. The van der Waals surface area contributed by atoms with Crippen LogP contribution in [0.2, 0.25) is 0 Å². The largest absolute Gasteiger partial charge is 0.453 e. The summed E-state index contributed by atoms with van der Waals surface area (Å²) in [6.45, 7) is 2.64. The van der Waals surface area contributed by atoms with Crippen molar-refractivity contribution < 1.29 is 28.6 Å². The van der Waals surface area contributed by atoms with Crippen molar-refractivity contribution in [1.29, 1.82) is 0 Å². The van der Waals surface area contributed by atoms with E-state index >= 15 is 0 Å². The number of carbonyl (C=O) groups is 3. The molecule has 0 bridgehead atoms. The number of nitrogens with zero attached hydrogens (tertiary/aromatic N) is 5. The van der Waals surface area contributed by atoms with Gasteiger partial charge in [0.05, 0.1) is 41.3 Å². The molecule has 4 N–H and O–H groups in total. The Morgan fingerprint density at radius 1 is 0.692 bits per heavy atom. The Balaban J connectivity index is 0.865. The summed E-state index contributed by atoms with van der Waals surface area (Å²) < 4.78 is 15.8. The third-order valence-corrected chi connectivity index (χ3v) is 12.6. The van der Waals surface area contributed by atoms with Gasteiger partial charge in [0, 0.05) is 31.9 Å². The number of aromatic amines is 2. The first-order chi connectivity index (χ1) is 31.9. The van der Waals surface area contributed by atoms with E-state index in [1.165, 1.54) is 7.11 Å². The Labute approximate surface area is 376 Å². The molecule has 3 fully saturated rings. The number of alkyl carbamates (subject to hydrolysis) is 1. The van der Waals surface area contributed by atoms with Crippen molar-refractivity contribution >= 4 is 45.7 Å². The maximum Gasteiger partial charge on any atom is 0.407 e. The van der Waals surface area contributed by atoms with Gasteiger partial charge in [0.2, 0.25) is 12.3 Å². The molecule has 0 unspecified atom stereocenters. The standard InChI is InChI=1S/C50H51N9O6/c1-63-49(62)55-43(34-13-5-2-6-14-34)47(60)58-25-11-19-41(58)45-51-37-23-21-32(27-39(37)53-45)29-57(36-17-9-4-10-18-36)30-33-22-24-38-40(28-33)54-46(52-38)42-20-12-26-59(42)48(61)44(56-50-64-31-65-50)35-15-7-3-8-16-35/h2-10,13-18,21-24,27-28,41-44,50,56H,11-12,19-20,25-26,29-31H2,1H3,(H,51,53)(H,52,54)(H,55,62)/t41-,42-,43+,44+/m0/s1. The van der Waals surface area contributed by atoms with Crippen LogP contribution in [0, 0.1) is 0 Å². The van der Waals surface area contributed by atoms with Gasteiger partial charge in [-0.2, -0.15) is 0 Å². The molecule has 0 spiro atoms. The van der Waals surface area contributed by atoms with Crippen molar-refractivity contribution in [1.82, 2.24) is 40.4 Å². The molecule has 5 heterocycles. The molecule has 0 radical (unpaired) electrons. The van der Waals surface area contributed by atoms with Crippen LogP contribution in [-0.2, 0) is 36.9 Å². The molecule has 4 atom stereocenters. The smallest absolute Gasteiger partial charge is 0.407 e. The van der Waals surface area contributed by atoms with E-state index in [1.54, 1.807) is 0 Å². The number of para-hydroxylation sites is 1. The molecular formula is C50H51N9O6. The maximum atomic E-state index is 14.2. The van der Waals surface area contributed by atoms with Crippen molar-refractivity contribution in [2.75, 3.05) is 31.9 Å². The summed E-state index contributed by atoms with van der Waals surface area (Å²) in [4.78, 5) is 63.9. The quantitative estimate of drug-likeness (QED) is 0.0850. The normalized spacial score (nSPS) is 18.4. The van der Waals surface area contributed by atoms with Crippen LogP contribution in [0.4, 0.5) is 10.5 Å². The number of fused-ring (bicyclic) bond motifs is 2. The van der Waals surface area contributed by atoms with Crippen molar-refractivity contribution in [3.8, 4) is 0 Å². The van der Waals surface area contributed by atoms with Crippen LogP contribution >= 0.6 is 0 Å². The number of amides is 3. The molecule has 332 valence electrons. The van der Waals surface area contributed by atoms with Gasteiger partial charge in [-0.15, -0.1) is 0 Å². The van der Waals surface area contributed by atoms with Crippen molar-refractivity contribution in [3.63, 3.8) is 0 Å². The minimum absolute atomic E-state index is 0.0420. The number of hydrogen-bond acceptors (Lipinski definition) is 10. The molecular weight excluding hydrogens is 823 g/mol. The van der Waals surface area contributed by atoms with Crippen LogP contribution in [0.25, 0.3) is 22.1 Å². The monoisotopic (exact) mass is 873 g/mol. The Morgan fingerprint density at radius 3 is 1.68 bits per heavy atom. The first-order valence-corrected chi connectivity index (χ1v) is 22.2. The molecule has 10 rings (SSSR count). The minimum Gasteiger partial charge on any atom is -0.453 e. The van der Waals surface area contributed by atoms with Crippen molar-refractivity contribution in [3.05, 3.63) is 161 Å². The lowest BCUT2D eigenvalue weighted by atomic mass is 10.0. The summed E-state index contributed by atoms with van der Waals surface area (Å²) in [7, 11) is 1.29. The van der Waals surface area contributed by atoms with Crippen LogP contribution in [-0.4, -0.2) is 81.0 Å². The third kappa shape index (κ3) is 8.90. The molecule has 3 aliphatic rings. The van der Waals surface area contributed by atoms with Gasteiger partial charge in [0.1, 0.15) is 23.7 Å². The van der Waals surface area contributed by atoms with E-state index in [4.69, 9.17) is 24.2 Å². The second-order valence-corrected chi connectivity index (χ2v) is 16.8. The van der Waals surface area contributed by atoms with Crippen LogP contribution in [0.15, 0.2) is 127 Å². The molecule has 65 heavy (non-hydrogen) atoms. The van der Waals surface area contributed by atoms with Gasteiger partial charge in [-0.3, -0.25) is 14.9 Å². The molecule has 7 aromatic rings. The predicted molar refractivity (Wildman–Crippen MR) is 244 cm³/mol. The molecule has 3 aliphatic heterocycles. The van der Waals surface area contributed by atoms with E-state index in [-0.39, 0.29) is 30.7 Å². The SMILES string of the molecule is COC(=O)N[C@@H](C(=O)N1CCC[C@H]1c1nc2ccc(CN(Cc3ccc4nc([C@@H]5CCCN5C(=O)[C@H](NC5OCO5)c5ccccc5)[nH]c4c3)c3ccccc3)cc2[nH]1)c1ccccc1. The number of imidazole rings is 2. The molecule has 2 aromatic heterocycles. The Hall–Kier alpha value is -7.07. The predicted octanol–water partition coefficient (Wildman–Crippen LogP) is 7.69. The highest BCUT2D eigenvalue weighted by molar-refractivity contribution is 5.88. The van der Waals surface area contributed by atoms with Gasteiger partial charge in [-0.05, 0) is 84.3 Å². The average Bonchev–Trinajstić information content (AvgIpc) is 4.17. The number of nitrogens with one attached hydrogen (secondary N) is 4. The Kier molecular flexibility index (Phi) is 12.0. The summed E-state index contributed by atoms with van der Waals surface area (Å²) in [5, 5.41) is 5.98. The number of ether oxygens (including phenoxy) is 3. The third-order valence-electron chi connectivity index (χ3n) is 12.6. The zero-order valence-electron chi connectivity index (χ0n) is 36.1. The Bertz CT molecular complexity index is 2780. The zero-order chi connectivity index (χ0) is 44.3. The van der Waals surface area contributed by atoms with E-state index in [2.05, 4.69) is 68.0 Å². The first-order valence-electron chi connectivity index (χ1n) is 22.2. The van der Waals surface area contributed by atoms with Gasteiger partial charge in [-0.25, -0.2) is 14.8 Å². The fourth-order valence-electron chi connectivity index (χ4n) is 9.38. The molecule has 0 aliphatic carbocycles.